The van der Waals surface area contributed by atoms with Crippen molar-refractivity contribution in [1.29, 1.82) is 0 Å². The van der Waals surface area contributed by atoms with E-state index in [-0.39, 0.29) is 34.5 Å². The van der Waals surface area contributed by atoms with Crippen LogP contribution in [0.15, 0.2) is 51.4 Å². The number of hydrogen-bond donors (Lipinski definition) is 3. The first-order chi connectivity index (χ1) is 13.6. The topological polar surface area (TPSA) is 94.4 Å². The van der Waals surface area contributed by atoms with Crippen LogP contribution >= 0.6 is 0 Å². The highest BCUT2D eigenvalue weighted by Gasteiger charge is 2.19. The van der Waals surface area contributed by atoms with Crippen LogP contribution in [0.25, 0.3) is 12.2 Å². The minimum Gasteiger partial charge on any atom is -0.348 e. The van der Waals surface area contributed by atoms with Crippen LogP contribution in [0.1, 0.15) is 45.0 Å². The maximum atomic E-state index is 13.7. The number of allylic oxidation sites excluding steroid dienone is 6. The Balaban J connectivity index is 1.98. The zero-order chi connectivity index (χ0) is 21.2. The van der Waals surface area contributed by atoms with E-state index in [0.717, 1.165) is 11.8 Å². The maximum Gasteiger partial charge on any atom is 0.272 e. The molecule has 2 aromatic rings. The van der Waals surface area contributed by atoms with Crippen LogP contribution in [0.3, 0.4) is 0 Å². The fourth-order valence-electron chi connectivity index (χ4n) is 2.94. The summed E-state index contributed by atoms with van der Waals surface area (Å²) >= 11 is 0. The van der Waals surface area contributed by atoms with Crippen LogP contribution in [0.5, 0.6) is 0 Å². The zero-order valence-corrected chi connectivity index (χ0v) is 16.4. The molecule has 6 nitrogen and oxygen atoms in total. The van der Waals surface area contributed by atoms with Gasteiger partial charge in [0.15, 0.2) is 0 Å². The summed E-state index contributed by atoms with van der Waals surface area (Å²) in [6, 6.07) is 0. The third-order valence-electron chi connectivity index (χ3n) is 4.43. The fraction of sp³-hybridized carbons (Fsp3) is 0.286. The Morgan fingerprint density at radius 3 is 2.48 bits per heavy atom. The Hall–Kier alpha value is -3.29. The number of nitrogens with zero attached hydrogens (tertiary/aromatic N) is 1. The van der Waals surface area contributed by atoms with Gasteiger partial charge in [-0.3, -0.25) is 9.59 Å². The van der Waals surface area contributed by atoms with Gasteiger partial charge in [0.1, 0.15) is 22.4 Å². The first-order valence-electron chi connectivity index (χ1n) is 9.16. The Kier molecular flexibility index (Phi) is 5.63. The van der Waals surface area contributed by atoms with Crippen molar-refractivity contribution in [1.82, 2.24) is 19.9 Å². The number of aromatic nitrogens is 4. The van der Waals surface area contributed by atoms with Crippen LogP contribution in [0, 0.1) is 0 Å². The molecule has 0 bridgehead atoms. The van der Waals surface area contributed by atoms with Gasteiger partial charge in [-0.15, -0.1) is 0 Å². The third kappa shape index (κ3) is 4.77. The Morgan fingerprint density at radius 2 is 1.76 bits per heavy atom. The molecular formula is C21H22F2N4O2. The number of halogens is 2. The second-order valence-corrected chi connectivity index (χ2v) is 7.77. The van der Waals surface area contributed by atoms with Gasteiger partial charge < -0.3 is 15.0 Å². The van der Waals surface area contributed by atoms with Gasteiger partial charge in [-0.25, -0.2) is 13.8 Å². The van der Waals surface area contributed by atoms with Gasteiger partial charge in [0.2, 0.25) is 0 Å². The summed E-state index contributed by atoms with van der Waals surface area (Å²) in [5.41, 5.74) is 0.268. The van der Waals surface area contributed by atoms with Gasteiger partial charge in [-0.05, 0) is 18.2 Å². The van der Waals surface area contributed by atoms with Crippen molar-refractivity contribution in [3.63, 3.8) is 0 Å². The van der Waals surface area contributed by atoms with Crippen molar-refractivity contribution >= 4 is 12.2 Å². The van der Waals surface area contributed by atoms with E-state index in [1.165, 1.54) is 30.6 Å². The molecule has 0 amide bonds. The second kappa shape index (κ2) is 7.98. The first kappa shape index (κ1) is 20.4. The molecule has 3 rings (SSSR count). The minimum atomic E-state index is -0.520. The van der Waals surface area contributed by atoms with E-state index in [2.05, 4.69) is 19.9 Å². The lowest BCUT2D eigenvalue weighted by atomic mass is 9.90. The lowest BCUT2D eigenvalue weighted by Gasteiger charge is -2.16. The number of aromatic amines is 3. The molecule has 0 saturated heterocycles. The van der Waals surface area contributed by atoms with E-state index in [0.29, 0.717) is 5.69 Å². The molecule has 0 fully saturated rings. The van der Waals surface area contributed by atoms with Crippen LogP contribution in [0.4, 0.5) is 8.78 Å². The number of hydrogen-bond acceptors (Lipinski definition) is 3. The SMILES string of the molecule is CC(C)(C)c1[nH]cnc1/C=c1\[nH]c(=O)/c(=C/C=C/C2=C(F)CCC(F)=C2)[nH]c1=O. The highest BCUT2D eigenvalue weighted by Crippen LogP contribution is 2.26. The van der Waals surface area contributed by atoms with Gasteiger partial charge in [0.25, 0.3) is 11.1 Å². The van der Waals surface area contributed by atoms with Crippen molar-refractivity contribution in [3.05, 3.63) is 84.6 Å². The van der Waals surface area contributed by atoms with E-state index < -0.39 is 22.8 Å². The zero-order valence-electron chi connectivity index (χ0n) is 16.4. The third-order valence-corrected chi connectivity index (χ3v) is 4.43. The molecule has 2 heterocycles. The summed E-state index contributed by atoms with van der Waals surface area (Å²) < 4.78 is 27.0. The number of imidazole rings is 1. The van der Waals surface area contributed by atoms with Crippen molar-refractivity contribution in [2.75, 3.05) is 0 Å². The highest BCUT2D eigenvalue weighted by molar-refractivity contribution is 5.48. The molecule has 152 valence electrons. The lowest BCUT2D eigenvalue weighted by Crippen LogP contribution is -2.46. The van der Waals surface area contributed by atoms with Gasteiger partial charge in [0, 0.05) is 29.5 Å². The molecule has 0 atom stereocenters. The van der Waals surface area contributed by atoms with Crippen molar-refractivity contribution in [2.24, 2.45) is 0 Å². The molecule has 8 heteroatoms. The molecule has 3 N–H and O–H groups in total. The quantitative estimate of drug-likeness (QED) is 0.737. The highest BCUT2D eigenvalue weighted by atomic mass is 19.1. The van der Waals surface area contributed by atoms with Crippen LogP contribution < -0.4 is 21.8 Å². The number of nitrogens with one attached hydrogen (secondary N) is 3. The Morgan fingerprint density at radius 1 is 1.07 bits per heavy atom. The van der Waals surface area contributed by atoms with Crippen molar-refractivity contribution in [3.8, 4) is 0 Å². The fourth-order valence-corrected chi connectivity index (χ4v) is 2.94. The second-order valence-electron chi connectivity index (χ2n) is 7.77. The summed E-state index contributed by atoms with van der Waals surface area (Å²) in [6.07, 6.45) is 8.28. The summed E-state index contributed by atoms with van der Waals surface area (Å²) in [4.78, 5) is 37.0. The molecule has 0 spiro atoms. The van der Waals surface area contributed by atoms with E-state index >= 15 is 0 Å². The van der Waals surface area contributed by atoms with Crippen LogP contribution in [0.2, 0.25) is 0 Å². The number of rotatable bonds is 3. The predicted molar refractivity (Wildman–Crippen MR) is 108 cm³/mol. The summed E-state index contributed by atoms with van der Waals surface area (Å²) in [5, 5.41) is 0.0718. The van der Waals surface area contributed by atoms with E-state index in [4.69, 9.17) is 0 Å². The smallest absolute Gasteiger partial charge is 0.272 e. The average molecular weight is 400 g/mol. The maximum absolute atomic E-state index is 13.7. The normalized spacial score (nSPS) is 16.8. The van der Waals surface area contributed by atoms with Crippen molar-refractivity contribution < 1.29 is 8.78 Å². The molecule has 0 saturated carbocycles. The summed E-state index contributed by atoms with van der Waals surface area (Å²) in [5.74, 6) is -0.817. The molecule has 1 aliphatic rings. The molecule has 1 aliphatic carbocycles. The summed E-state index contributed by atoms with van der Waals surface area (Å²) in [6.45, 7) is 6.00. The lowest BCUT2D eigenvalue weighted by molar-refractivity contribution is 0.520. The Labute approximate surface area is 165 Å². The number of H-pyrrole nitrogens is 3. The van der Waals surface area contributed by atoms with Crippen molar-refractivity contribution in [2.45, 2.75) is 39.0 Å². The van der Waals surface area contributed by atoms with E-state index in [1.807, 2.05) is 20.8 Å². The van der Waals surface area contributed by atoms with Gasteiger partial charge >= 0.3 is 0 Å². The molecule has 2 aromatic heterocycles. The van der Waals surface area contributed by atoms with Gasteiger partial charge in [-0.2, -0.15) is 0 Å². The molecule has 0 unspecified atom stereocenters. The van der Waals surface area contributed by atoms with Gasteiger partial charge in [-0.1, -0.05) is 32.9 Å². The largest absolute Gasteiger partial charge is 0.348 e. The van der Waals surface area contributed by atoms with E-state index in [1.54, 1.807) is 0 Å². The molecular weight excluding hydrogens is 378 g/mol. The predicted octanol–water partition coefficient (Wildman–Crippen LogP) is 2.12. The van der Waals surface area contributed by atoms with Crippen LogP contribution in [-0.4, -0.2) is 19.9 Å². The monoisotopic (exact) mass is 400 g/mol. The van der Waals surface area contributed by atoms with E-state index in [9.17, 15) is 18.4 Å². The summed E-state index contributed by atoms with van der Waals surface area (Å²) in [7, 11) is 0. The molecule has 0 aliphatic heterocycles. The van der Waals surface area contributed by atoms with Gasteiger partial charge in [0.05, 0.1) is 12.0 Å². The molecule has 29 heavy (non-hydrogen) atoms. The minimum absolute atomic E-state index is 0.00254. The molecule has 0 radical (unpaired) electrons. The van der Waals surface area contributed by atoms with Crippen LogP contribution in [-0.2, 0) is 5.41 Å². The first-order valence-corrected chi connectivity index (χ1v) is 9.16. The molecule has 0 aromatic carbocycles. The Bertz CT molecular complexity index is 1250. The average Bonchev–Trinajstić information content (AvgIpc) is 3.10. The standard InChI is InChI=1S/C21H22F2N4O2/c1-21(2,3)18-16(24-11-25-18)10-17-20(29)26-15(19(28)27-17)6-4-5-12-9-13(22)7-8-14(12)23/h4-6,9-11H,7-8H2,1-3H3,(H,24,25)(H,26,29)(H,27,28)/b5-4+,15-6-,17-10-.